The van der Waals surface area contributed by atoms with Crippen LogP contribution in [-0.4, -0.2) is 29.1 Å². The predicted molar refractivity (Wildman–Crippen MR) is 88.9 cm³/mol. The number of para-hydroxylation sites is 1. The van der Waals surface area contributed by atoms with Crippen LogP contribution in [0.3, 0.4) is 0 Å². The standard InChI is InChI=1S/C18H16FN3O2/c1-2-22-18(24)15(16(21-22)12-8-4-3-5-9-12)17(23)20-14-11-7-6-10-13(14)19/h3-11,15H,2H2,1H3,(H,20,23). The van der Waals surface area contributed by atoms with Crippen molar-refractivity contribution in [3.8, 4) is 0 Å². The van der Waals surface area contributed by atoms with E-state index >= 15 is 0 Å². The fourth-order valence-electron chi connectivity index (χ4n) is 2.57. The van der Waals surface area contributed by atoms with E-state index in [2.05, 4.69) is 10.4 Å². The van der Waals surface area contributed by atoms with Gasteiger partial charge in [-0.1, -0.05) is 42.5 Å². The molecule has 1 heterocycles. The highest BCUT2D eigenvalue weighted by atomic mass is 19.1. The van der Waals surface area contributed by atoms with Crippen molar-refractivity contribution in [3.63, 3.8) is 0 Å². The molecule has 2 amide bonds. The summed E-state index contributed by atoms with van der Waals surface area (Å²) in [6.45, 7) is 2.14. The molecular weight excluding hydrogens is 309 g/mol. The Morgan fingerprint density at radius 1 is 1.17 bits per heavy atom. The summed E-state index contributed by atoms with van der Waals surface area (Å²) >= 11 is 0. The number of halogens is 1. The lowest BCUT2D eigenvalue weighted by molar-refractivity contribution is -0.135. The third-order valence-corrected chi connectivity index (χ3v) is 3.77. The second kappa shape index (κ2) is 6.62. The smallest absolute Gasteiger partial charge is 0.261 e. The average molecular weight is 325 g/mol. The minimum Gasteiger partial charge on any atom is -0.323 e. The van der Waals surface area contributed by atoms with Crippen LogP contribution in [-0.2, 0) is 9.59 Å². The first-order valence-corrected chi connectivity index (χ1v) is 7.62. The zero-order valence-electron chi connectivity index (χ0n) is 13.1. The Bertz CT molecular complexity index is 805. The van der Waals surface area contributed by atoms with Gasteiger partial charge in [0.2, 0.25) is 5.91 Å². The Hall–Kier alpha value is -3.02. The number of amides is 2. The Labute approximate surface area is 138 Å². The van der Waals surface area contributed by atoms with E-state index in [1.165, 1.54) is 23.2 Å². The summed E-state index contributed by atoms with van der Waals surface area (Å²) < 4.78 is 13.8. The van der Waals surface area contributed by atoms with Crippen LogP contribution in [0.1, 0.15) is 12.5 Å². The number of hydrazone groups is 1. The van der Waals surface area contributed by atoms with Crippen LogP contribution in [0.5, 0.6) is 0 Å². The van der Waals surface area contributed by atoms with Crippen molar-refractivity contribution in [2.45, 2.75) is 6.92 Å². The van der Waals surface area contributed by atoms with Crippen LogP contribution in [0.2, 0.25) is 0 Å². The van der Waals surface area contributed by atoms with Gasteiger partial charge in [0.15, 0.2) is 5.92 Å². The van der Waals surface area contributed by atoms with E-state index < -0.39 is 23.5 Å². The van der Waals surface area contributed by atoms with Crippen LogP contribution < -0.4 is 5.32 Å². The minimum atomic E-state index is -1.09. The van der Waals surface area contributed by atoms with Crippen LogP contribution >= 0.6 is 0 Å². The van der Waals surface area contributed by atoms with Gasteiger partial charge in [-0.05, 0) is 24.6 Å². The molecule has 122 valence electrons. The highest BCUT2D eigenvalue weighted by Crippen LogP contribution is 2.23. The number of hydrogen-bond acceptors (Lipinski definition) is 3. The number of benzene rings is 2. The van der Waals surface area contributed by atoms with Gasteiger partial charge in [-0.2, -0.15) is 5.10 Å². The second-order valence-corrected chi connectivity index (χ2v) is 5.31. The summed E-state index contributed by atoms with van der Waals surface area (Å²) in [5, 5.41) is 8.01. The van der Waals surface area contributed by atoms with Gasteiger partial charge in [0.25, 0.3) is 5.91 Å². The lowest BCUT2D eigenvalue weighted by Gasteiger charge is -2.13. The molecule has 5 nitrogen and oxygen atoms in total. The number of carbonyl (C=O) groups excluding carboxylic acids is 2. The van der Waals surface area contributed by atoms with Crippen molar-refractivity contribution in [1.29, 1.82) is 0 Å². The molecule has 0 saturated heterocycles. The minimum absolute atomic E-state index is 0.0395. The van der Waals surface area contributed by atoms with Crippen LogP contribution in [0.15, 0.2) is 59.7 Å². The molecule has 24 heavy (non-hydrogen) atoms. The Kier molecular flexibility index (Phi) is 4.37. The van der Waals surface area contributed by atoms with Gasteiger partial charge < -0.3 is 5.32 Å². The van der Waals surface area contributed by atoms with E-state index in [4.69, 9.17) is 0 Å². The maximum absolute atomic E-state index is 13.8. The lowest BCUT2D eigenvalue weighted by Crippen LogP contribution is -2.37. The van der Waals surface area contributed by atoms with E-state index in [0.29, 0.717) is 17.8 Å². The molecule has 0 aliphatic carbocycles. The number of anilines is 1. The van der Waals surface area contributed by atoms with Gasteiger partial charge in [0.1, 0.15) is 5.82 Å². The molecule has 1 aliphatic rings. The largest absolute Gasteiger partial charge is 0.323 e. The summed E-state index contributed by atoms with van der Waals surface area (Å²) in [5.41, 5.74) is 1.10. The molecule has 2 aromatic rings. The molecule has 0 radical (unpaired) electrons. The Balaban J connectivity index is 1.92. The molecule has 0 fully saturated rings. The lowest BCUT2D eigenvalue weighted by atomic mass is 9.96. The maximum atomic E-state index is 13.8. The van der Waals surface area contributed by atoms with Crippen LogP contribution in [0.25, 0.3) is 0 Å². The SMILES string of the molecule is CCN1N=C(c2ccccc2)C(C(=O)Nc2ccccc2F)C1=O. The van der Waals surface area contributed by atoms with Crippen molar-refractivity contribution in [2.75, 3.05) is 11.9 Å². The monoisotopic (exact) mass is 325 g/mol. The number of carbonyl (C=O) groups is 2. The molecule has 0 spiro atoms. The van der Waals surface area contributed by atoms with Gasteiger partial charge in [0.05, 0.1) is 11.4 Å². The summed E-state index contributed by atoms with van der Waals surface area (Å²) in [4.78, 5) is 25.1. The van der Waals surface area contributed by atoms with Crippen molar-refractivity contribution < 1.29 is 14.0 Å². The fourth-order valence-corrected chi connectivity index (χ4v) is 2.57. The van der Waals surface area contributed by atoms with Gasteiger partial charge in [-0.15, -0.1) is 0 Å². The Morgan fingerprint density at radius 2 is 1.83 bits per heavy atom. The first-order valence-electron chi connectivity index (χ1n) is 7.62. The Morgan fingerprint density at radius 3 is 2.50 bits per heavy atom. The molecule has 6 heteroatoms. The summed E-state index contributed by atoms with van der Waals surface area (Å²) in [6, 6.07) is 14.9. The van der Waals surface area contributed by atoms with E-state index in [1.807, 2.05) is 18.2 Å². The van der Waals surface area contributed by atoms with E-state index in [-0.39, 0.29) is 5.69 Å². The predicted octanol–water partition coefficient (Wildman–Crippen LogP) is 2.65. The first kappa shape index (κ1) is 15.9. The van der Waals surface area contributed by atoms with Gasteiger partial charge in [-0.3, -0.25) is 9.59 Å². The zero-order valence-corrected chi connectivity index (χ0v) is 13.1. The average Bonchev–Trinajstić information content (AvgIpc) is 2.94. The normalized spacial score (nSPS) is 16.9. The number of nitrogens with one attached hydrogen (secondary N) is 1. The molecule has 0 saturated carbocycles. The molecule has 1 N–H and O–H groups in total. The quantitative estimate of drug-likeness (QED) is 0.879. The maximum Gasteiger partial charge on any atom is 0.261 e. The van der Waals surface area contributed by atoms with E-state index in [9.17, 15) is 14.0 Å². The van der Waals surface area contributed by atoms with E-state index in [1.54, 1.807) is 25.1 Å². The molecular formula is C18H16FN3O2. The topological polar surface area (TPSA) is 61.8 Å². The molecule has 2 aromatic carbocycles. The first-order chi connectivity index (χ1) is 11.6. The van der Waals surface area contributed by atoms with E-state index in [0.717, 1.165) is 0 Å². The molecule has 1 atom stereocenters. The van der Waals surface area contributed by atoms with Crippen LogP contribution in [0, 0.1) is 11.7 Å². The summed E-state index contributed by atoms with van der Waals surface area (Å²) in [7, 11) is 0. The number of hydrogen-bond donors (Lipinski definition) is 1. The molecule has 3 rings (SSSR count). The summed E-state index contributed by atoms with van der Waals surface area (Å²) in [6.07, 6.45) is 0. The van der Waals surface area contributed by atoms with Crippen molar-refractivity contribution in [2.24, 2.45) is 11.0 Å². The van der Waals surface area contributed by atoms with Crippen molar-refractivity contribution >= 4 is 23.2 Å². The number of nitrogens with zero attached hydrogens (tertiary/aromatic N) is 2. The van der Waals surface area contributed by atoms with Gasteiger partial charge in [-0.25, -0.2) is 9.40 Å². The highest BCUT2D eigenvalue weighted by molar-refractivity contribution is 6.29. The molecule has 1 unspecified atom stereocenters. The third kappa shape index (κ3) is 2.90. The molecule has 0 aromatic heterocycles. The summed E-state index contributed by atoms with van der Waals surface area (Å²) in [5.74, 6) is -2.65. The second-order valence-electron chi connectivity index (χ2n) is 5.31. The number of rotatable bonds is 4. The zero-order chi connectivity index (χ0) is 17.1. The third-order valence-electron chi connectivity index (χ3n) is 3.77. The van der Waals surface area contributed by atoms with Gasteiger partial charge >= 0.3 is 0 Å². The fraction of sp³-hybridized carbons (Fsp3) is 0.167. The van der Waals surface area contributed by atoms with Crippen molar-refractivity contribution in [3.05, 3.63) is 66.0 Å². The van der Waals surface area contributed by atoms with Gasteiger partial charge in [0, 0.05) is 6.54 Å². The van der Waals surface area contributed by atoms with Crippen molar-refractivity contribution in [1.82, 2.24) is 5.01 Å². The highest BCUT2D eigenvalue weighted by Gasteiger charge is 2.41. The molecule has 1 aliphatic heterocycles. The van der Waals surface area contributed by atoms with Crippen LogP contribution in [0.4, 0.5) is 10.1 Å². The molecule has 0 bridgehead atoms.